The maximum absolute atomic E-state index is 11.1. The molecule has 0 aliphatic carbocycles. The number of ether oxygens (including phenoxy) is 1. The van der Waals surface area contributed by atoms with Crippen molar-refractivity contribution in [3.8, 4) is 5.75 Å². The van der Waals surface area contributed by atoms with Crippen LogP contribution in [0.3, 0.4) is 0 Å². The fraction of sp³-hybridized carbons (Fsp3) is 0.538. The summed E-state index contributed by atoms with van der Waals surface area (Å²) in [6, 6.07) is 3.38. The van der Waals surface area contributed by atoms with Gasteiger partial charge in [-0.05, 0) is 30.4 Å². The van der Waals surface area contributed by atoms with Gasteiger partial charge in [0.05, 0.1) is 12.0 Å². The third-order valence-electron chi connectivity index (χ3n) is 3.23. The molecule has 1 rings (SSSR count). The zero-order valence-corrected chi connectivity index (χ0v) is 11.0. The predicted molar refractivity (Wildman–Crippen MR) is 67.6 cm³/mol. The van der Waals surface area contributed by atoms with Crippen LogP contribution < -0.4 is 4.74 Å². The Balaban J connectivity index is 3.38. The molecule has 17 heavy (non-hydrogen) atoms. The first-order valence-corrected chi connectivity index (χ1v) is 5.71. The molecule has 0 fully saturated rings. The van der Waals surface area contributed by atoms with Crippen molar-refractivity contribution in [1.29, 1.82) is 0 Å². The van der Waals surface area contributed by atoms with Crippen LogP contribution in [0.1, 0.15) is 37.8 Å². The Morgan fingerprint density at radius 1 is 1.29 bits per heavy atom. The summed E-state index contributed by atoms with van der Waals surface area (Å²) in [7, 11) is 1.58. The lowest BCUT2D eigenvalue weighted by Gasteiger charge is -2.17. The van der Waals surface area contributed by atoms with Gasteiger partial charge in [-0.3, -0.25) is 10.1 Å². The topological polar surface area (TPSA) is 52.4 Å². The molecule has 0 heterocycles. The van der Waals surface area contributed by atoms with Crippen molar-refractivity contribution in [1.82, 2.24) is 0 Å². The largest absolute Gasteiger partial charge is 0.496 e. The van der Waals surface area contributed by atoms with E-state index < -0.39 is 0 Å². The SMILES string of the molecule is COc1cc(C(C)C(C)C)c([N+](=O)[O-])cc1C. The Bertz CT molecular complexity index is 427. The molecule has 0 aromatic heterocycles. The highest BCUT2D eigenvalue weighted by Gasteiger charge is 2.23. The number of nitro groups is 1. The Kier molecular flexibility index (Phi) is 4.10. The third-order valence-corrected chi connectivity index (χ3v) is 3.23. The van der Waals surface area contributed by atoms with Crippen LogP contribution >= 0.6 is 0 Å². The summed E-state index contributed by atoms with van der Waals surface area (Å²) >= 11 is 0. The molecule has 1 aromatic rings. The molecule has 1 unspecified atom stereocenters. The van der Waals surface area contributed by atoms with E-state index in [4.69, 9.17) is 4.74 Å². The summed E-state index contributed by atoms with van der Waals surface area (Å²) < 4.78 is 5.23. The Labute approximate surface area is 102 Å². The summed E-state index contributed by atoms with van der Waals surface area (Å²) in [6.07, 6.45) is 0. The van der Waals surface area contributed by atoms with Crippen LogP contribution in [0.4, 0.5) is 5.69 Å². The number of nitrogens with zero attached hydrogens (tertiary/aromatic N) is 1. The minimum Gasteiger partial charge on any atom is -0.496 e. The Morgan fingerprint density at radius 3 is 2.29 bits per heavy atom. The van der Waals surface area contributed by atoms with Crippen molar-refractivity contribution in [2.45, 2.75) is 33.6 Å². The number of benzene rings is 1. The maximum atomic E-state index is 11.1. The molecule has 94 valence electrons. The highest BCUT2D eigenvalue weighted by Crippen LogP contribution is 2.36. The quantitative estimate of drug-likeness (QED) is 0.593. The van der Waals surface area contributed by atoms with Crippen LogP contribution in [0.25, 0.3) is 0 Å². The van der Waals surface area contributed by atoms with Crippen LogP contribution in [0.15, 0.2) is 12.1 Å². The van der Waals surface area contributed by atoms with E-state index in [9.17, 15) is 10.1 Å². The van der Waals surface area contributed by atoms with Gasteiger partial charge < -0.3 is 4.74 Å². The van der Waals surface area contributed by atoms with E-state index in [0.717, 1.165) is 11.1 Å². The van der Waals surface area contributed by atoms with E-state index in [1.807, 2.05) is 13.8 Å². The predicted octanol–water partition coefficient (Wildman–Crippen LogP) is 3.67. The maximum Gasteiger partial charge on any atom is 0.273 e. The smallest absolute Gasteiger partial charge is 0.273 e. The van der Waals surface area contributed by atoms with Crippen LogP contribution in [-0.4, -0.2) is 12.0 Å². The minimum absolute atomic E-state index is 0.130. The summed E-state index contributed by atoms with van der Waals surface area (Å²) in [5.41, 5.74) is 1.72. The zero-order chi connectivity index (χ0) is 13.2. The first-order chi connectivity index (χ1) is 7.88. The first-order valence-electron chi connectivity index (χ1n) is 5.71. The molecular weight excluding hydrogens is 218 g/mol. The normalized spacial score (nSPS) is 12.6. The third kappa shape index (κ3) is 2.75. The molecule has 0 radical (unpaired) electrons. The molecule has 0 amide bonds. The molecule has 0 spiro atoms. The van der Waals surface area contributed by atoms with Crippen molar-refractivity contribution in [2.24, 2.45) is 5.92 Å². The Hall–Kier alpha value is -1.58. The Morgan fingerprint density at radius 2 is 1.88 bits per heavy atom. The van der Waals surface area contributed by atoms with Gasteiger partial charge in [0, 0.05) is 11.6 Å². The molecule has 4 nitrogen and oxygen atoms in total. The van der Waals surface area contributed by atoms with Gasteiger partial charge in [0.25, 0.3) is 5.69 Å². The van der Waals surface area contributed by atoms with E-state index in [2.05, 4.69) is 13.8 Å². The van der Waals surface area contributed by atoms with E-state index in [1.165, 1.54) is 0 Å². The lowest BCUT2D eigenvalue weighted by atomic mass is 9.88. The molecule has 0 saturated heterocycles. The number of hydrogen-bond donors (Lipinski definition) is 0. The van der Waals surface area contributed by atoms with E-state index in [0.29, 0.717) is 11.7 Å². The number of nitro benzene ring substituents is 1. The fourth-order valence-corrected chi connectivity index (χ4v) is 1.79. The molecular formula is C13H19NO3. The average Bonchev–Trinajstić information content (AvgIpc) is 2.27. The monoisotopic (exact) mass is 237 g/mol. The van der Waals surface area contributed by atoms with Gasteiger partial charge in [-0.25, -0.2) is 0 Å². The summed E-state index contributed by atoms with van der Waals surface area (Å²) in [6.45, 7) is 7.93. The molecule has 0 N–H and O–H groups in total. The van der Waals surface area contributed by atoms with E-state index >= 15 is 0 Å². The summed E-state index contributed by atoms with van der Waals surface area (Å²) in [4.78, 5) is 10.7. The van der Waals surface area contributed by atoms with Crippen molar-refractivity contribution < 1.29 is 9.66 Å². The van der Waals surface area contributed by atoms with Crippen molar-refractivity contribution in [3.05, 3.63) is 33.4 Å². The van der Waals surface area contributed by atoms with Gasteiger partial charge in [0.1, 0.15) is 5.75 Å². The highest BCUT2D eigenvalue weighted by atomic mass is 16.6. The van der Waals surface area contributed by atoms with E-state index in [1.54, 1.807) is 19.2 Å². The van der Waals surface area contributed by atoms with Crippen LogP contribution in [0, 0.1) is 23.0 Å². The number of rotatable bonds is 4. The first kappa shape index (κ1) is 13.5. The van der Waals surface area contributed by atoms with Crippen LogP contribution in [-0.2, 0) is 0 Å². The number of methoxy groups -OCH3 is 1. The van der Waals surface area contributed by atoms with Gasteiger partial charge in [0.15, 0.2) is 0 Å². The molecule has 0 aliphatic heterocycles. The number of hydrogen-bond acceptors (Lipinski definition) is 3. The molecule has 1 aromatic carbocycles. The number of aryl methyl sites for hydroxylation is 1. The van der Waals surface area contributed by atoms with Crippen molar-refractivity contribution in [3.63, 3.8) is 0 Å². The van der Waals surface area contributed by atoms with Crippen molar-refractivity contribution in [2.75, 3.05) is 7.11 Å². The molecule has 0 aliphatic rings. The molecule has 0 bridgehead atoms. The zero-order valence-electron chi connectivity index (χ0n) is 11.0. The standard InChI is InChI=1S/C13H19NO3/c1-8(2)10(4)11-7-13(17-5)9(3)6-12(11)14(15)16/h6-8,10H,1-5H3. The molecule has 4 heteroatoms. The highest BCUT2D eigenvalue weighted by molar-refractivity contribution is 5.51. The van der Waals surface area contributed by atoms with Gasteiger partial charge in [-0.15, -0.1) is 0 Å². The lowest BCUT2D eigenvalue weighted by Crippen LogP contribution is -2.06. The minimum atomic E-state index is -0.319. The van der Waals surface area contributed by atoms with Crippen molar-refractivity contribution >= 4 is 5.69 Å². The van der Waals surface area contributed by atoms with E-state index in [-0.39, 0.29) is 16.5 Å². The second-order valence-corrected chi connectivity index (χ2v) is 4.67. The van der Waals surface area contributed by atoms with Gasteiger partial charge in [0.2, 0.25) is 0 Å². The van der Waals surface area contributed by atoms with Crippen LogP contribution in [0.5, 0.6) is 5.75 Å². The second kappa shape index (κ2) is 5.17. The van der Waals surface area contributed by atoms with Gasteiger partial charge >= 0.3 is 0 Å². The second-order valence-electron chi connectivity index (χ2n) is 4.67. The fourth-order valence-electron chi connectivity index (χ4n) is 1.79. The van der Waals surface area contributed by atoms with Gasteiger partial charge in [-0.1, -0.05) is 20.8 Å². The van der Waals surface area contributed by atoms with Gasteiger partial charge in [-0.2, -0.15) is 0 Å². The summed E-state index contributed by atoms with van der Waals surface area (Å²) in [5.74, 6) is 1.18. The molecule has 1 atom stereocenters. The summed E-state index contributed by atoms with van der Waals surface area (Å²) in [5, 5.41) is 11.1. The molecule has 0 saturated carbocycles. The van der Waals surface area contributed by atoms with Crippen LogP contribution in [0.2, 0.25) is 0 Å². The lowest BCUT2D eigenvalue weighted by molar-refractivity contribution is -0.385. The average molecular weight is 237 g/mol.